The second kappa shape index (κ2) is 9.24. The lowest BCUT2D eigenvalue weighted by Crippen LogP contribution is -2.41. The van der Waals surface area contributed by atoms with Gasteiger partial charge in [0.2, 0.25) is 10.0 Å². The number of nitrogens with one attached hydrogen (secondary N) is 1. The number of rotatable bonds is 5. The molecule has 2 atom stereocenters. The van der Waals surface area contributed by atoms with Crippen LogP contribution in [0.15, 0.2) is 53.4 Å². The molecule has 2 aromatic carbocycles. The predicted molar refractivity (Wildman–Crippen MR) is 112 cm³/mol. The molecule has 1 heterocycles. The first kappa shape index (κ1) is 22.6. The molecular formula is C19H23Cl2N3O3S. The number of carbonyl (C=O) groups excluding carboxylic acids is 1. The van der Waals surface area contributed by atoms with Gasteiger partial charge in [0.25, 0.3) is 5.91 Å². The van der Waals surface area contributed by atoms with Gasteiger partial charge in [-0.25, -0.2) is 13.6 Å². The van der Waals surface area contributed by atoms with Crippen LogP contribution in [0.2, 0.25) is 5.02 Å². The Balaban J connectivity index is 0.00000280. The van der Waals surface area contributed by atoms with Crippen molar-refractivity contribution in [2.24, 2.45) is 5.14 Å². The molecule has 28 heavy (non-hydrogen) atoms. The summed E-state index contributed by atoms with van der Waals surface area (Å²) in [5, 5.41) is 8.24. The van der Waals surface area contributed by atoms with Crippen molar-refractivity contribution in [3.8, 4) is 0 Å². The van der Waals surface area contributed by atoms with E-state index in [1.807, 2.05) is 37.4 Å². The van der Waals surface area contributed by atoms with Crippen LogP contribution in [0.5, 0.6) is 0 Å². The van der Waals surface area contributed by atoms with Crippen molar-refractivity contribution >= 4 is 39.9 Å². The van der Waals surface area contributed by atoms with Crippen molar-refractivity contribution in [2.75, 3.05) is 13.6 Å². The molecule has 3 N–H and O–H groups in total. The number of hydrogen-bond acceptors (Lipinski definition) is 4. The van der Waals surface area contributed by atoms with Crippen molar-refractivity contribution < 1.29 is 13.2 Å². The molecule has 0 aromatic heterocycles. The van der Waals surface area contributed by atoms with Crippen molar-refractivity contribution in [1.29, 1.82) is 0 Å². The lowest BCUT2D eigenvalue weighted by atomic mass is 9.97. The average Bonchev–Trinajstić information content (AvgIpc) is 3.05. The number of sulfonamides is 1. The van der Waals surface area contributed by atoms with Crippen LogP contribution in [0.25, 0.3) is 0 Å². The summed E-state index contributed by atoms with van der Waals surface area (Å²) in [4.78, 5) is 14.8. The van der Waals surface area contributed by atoms with Crippen molar-refractivity contribution in [3.63, 3.8) is 0 Å². The molecule has 3 rings (SSSR count). The van der Waals surface area contributed by atoms with Gasteiger partial charge < -0.3 is 10.2 Å². The zero-order chi connectivity index (χ0) is 19.6. The van der Waals surface area contributed by atoms with Gasteiger partial charge in [0.15, 0.2) is 0 Å². The maximum atomic E-state index is 12.9. The Hall–Kier alpha value is -1.64. The van der Waals surface area contributed by atoms with E-state index in [9.17, 15) is 13.2 Å². The molecule has 0 radical (unpaired) electrons. The van der Waals surface area contributed by atoms with Gasteiger partial charge in [-0.05, 0) is 50.2 Å². The third-order valence-corrected chi connectivity index (χ3v) is 6.30. The number of primary sulfonamides is 1. The summed E-state index contributed by atoms with van der Waals surface area (Å²) in [6.07, 6.45) is 2.04. The number of likely N-dealkylation sites (N-methyl/N-ethyl adjacent to an activating group) is 1. The Kier molecular flexibility index (Phi) is 7.47. The summed E-state index contributed by atoms with van der Waals surface area (Å²) < 4.78 is 23.4. The molecule has 0 spiro atoms. The molecule has 1 aliphatic rings. The van der Waals surface area contributed by atoms with Gasteiger partial charge in [0, 0.05) is 11.6 Å². The highest BCUT2D eigenvalue weighted by atomic mass is 35.5. The molecule has 0 aliphatic carbocycles. The van der Waals surface area contributed by atoms with Crippen LogP contribution in [0.4, 0.5) is 0 Å². The van der Waals surface area contributed by atoms with Crippen LogP contribution in [0.3, 0.4) is 0 Å². The maximum absolute atomic E-state index is 12.9. The van der Waals surface area contributed by atoms with E-state index in [2.05, 4.69) is 10.2 Å². The van der Waals surface area contributed by atoms with Crippen LogP contribution in [-0.2, 0) is 10.0 Å². The van der Waals surface area contributed by atoms with Crippen LogP contribution in [-0.4, -0.2) is 38.9 Å². The van der Waals surface area contributed by atoms with E-state index in [-0.39, 0.29) is 45.9 Å². The van der Waals surface area contributed by atoms with Crippen LogP contribution < -0.4 is 10.5 Å². The van der Waals surface area contributed by atoms with Gasteiger partial charge in [0.05, 0.1) is 11.1 Å². The number of nitrogens with two attached hydrogens (primary N) is 1. The van der Waals surface area contributed by atoms with Crippen molar-refractivity contribution in [3.05, 3.63) is 64.7 Å². The summed E-state index contributed by atoms with van der Waals surface area (Å²) in [6, 6.07) is 13.8. The molecule has 152 valence electrons. The standard InChI is InChI=1S/C19H22ClN3O3S.ClH/c1-23-11-5-8-16(23)18(13-6-3-2-4-7-13)22-19(24)14-9-10-15(20)17(12-14)27(21,25)26;/h2-4,6-7,9-10,12,16,18H,5,8,11H2,1H3,(H,22,24)(H2,21,25,26);1H/t16-,18-;/m0./s1. The third-order valence-electron chi connectivity index (χ3n) is 4.91. The zero-order valence-electron chi connectivity index (χ0n) is 15.3. The van der Waals surface area contributed by atoms with Gasteiger partial charge >= 0.3 is 0 Å². The molecule has 1 fully saturated rings. The van der Waals surface area contributed by atoms with E-state index in [4.69, 9.17) is 16.7 Å². The van der Waals surface area contributed by atoms with E-state index in [0.29, 0.717) is 0 Å². The molecule has 6 nitrogen and oxygen atoms in total. The maximum Gasteiger partial charge on any atom is 0.251 e. The molecule has 9 heteroatoms. The summed E-state index contributed by atoms with van der Waals surface area (Å²) in [5.74, 6) is -0.370. The molecule has 2 aromatic rings. The van der Waals surface area contributed by atoms with Crippen LogP contribution in [0, 0.1) is 0 Å². The molecule has 0 bridgehead atoms. The van der Waals surface area contributed by atoms with E-state index >= 15 is 0 Å². The number of nitrogens with zero attached hydrogens (tertiary/aromatic N) is 1. The molecule has 0 saturated carbocycles. The Morgan fingerprint density at radius 2 is 1.93 bits per heavy atom. The highest BCUT2D eigenvalue weighted by Gasteiger charge is 2.32. The fourth-order valence-electron chi connectivity index (χ4n) is 3.51. The van der Waals surface area contributed by atoms with E-state index in [1.54, 1.807) is 0 Å². The smallest absolute Gasteiger partial charge is 0.251 e. The highest BCUT2D eigenvalue weighted by Crippen LogP contribution is 2.29. The largest absolute Gasteiger partial charge is 0.344 e. The van der Waals surface area contributed by atoms with Gasteiger partial charge in [-0.15, -0.1) is 12.4 Å². The minimum absolute atomic E-state index is 0. The highest BCUT2D eigenvalue weighted by molar-refractivity contribution is 7.89. The molecule has 1 aliphatic heterocycles. The van der Waals surface area contributed by atoms with Crippen LogP contribution in [0.1, 0.15) is 34.8 Å². The van der Waals surface area contributed by atoms with E-state index in [1.165, 1.54) is 18.2 Å². The first-order chi connectivity index (χ1) is 12.8. The van der Waals surface area contributed by atoms with Gasteiger partial charge in [-0.1, -0.05) is 41.9 Å². The number of amides is 1. The zero-order valence-corrected chi connectivity index (χ0v) is 17.7. The monoisotopic (exact) mass is 443 g/mol. The second-order valence-corrected chi connectivity index (χ2v) is 8.68. The summed E-state index contributed by atoms with van der Waals surface area (Å²) >= 11 is 5.91. The Labute approximate surface area is 176 Å². The van der Waals surface area contributed by atoms with Crippen molar-refractivity contribution in [1.82, 2.24) is 10.2 Å². The van der Waals surface area contributed by atoms with Crippen molar-refractivity contribution in [2.45, 2.75) is 29.8 Å². The Morgan fingerprint density at radius 1 is 1.25 bits per heavy atom. The number of halogens is 2. The topological polar surface area (TPSA) is 92.5 Å². The summed E-state index contributed by atoms with van der Waals surface area (Å²) in [6.45, 7) is 0.973. The summed E-state index contributed by atoms with van der Waals surface area (Å²) in [7, 11) is -1.97. The minimum Gasteiger partial charge on any atom is -0.344 e. The minimum atomic E-state index is -4.01. The Bertz CT molecular complexity index is 939. The molecule has 1 saturated heterocycles. The molecule has 0 unspecified atom stereocenters. The number of carbonyl (C=O) groups is 1. The average molecular weight is 444 g/mol. The Morgan fingerprint density at radius 3 is 2.50 bits per heavy atom. The quantitative estimate of drug-likeness (QED) is 0.742. The number of hydrogen-bond donors (Lipinski definition) is 2. The lowest BCUT2D eigenvalue weighted by Gasteiger charge is -2.30. The second-order valence-electron chi connectivity index (χ2n) is 6.74. The lowest BCUT2D eigenvalue weighted by molar-refractivity contribution is 0.0912. The first-order valence-electron chi connectivity index (χ1n) is 8.66. The van der Waals surface area contributed by atoms with Crippen LogP contribution >= 0.6 is 24.0 Å². The normalized spacial score (nSPS) is 18.3. The first-order valence-corrected chi connectivity index (χ1v) is 10.6. The van der Waals surface area contributed by atoms with E-state index in [0.717, 1.165) is 24.9 Å². The fraction of sp³-hybridized carbons (Fsp3) is 0.316. The predicted octanol–water partition coefficient (Wildman–Crippen LogP) is 2.97. The fourth-order valence-corrected chi connectivity index (χ4v) is 4.58. The number of benzene rings is 2. The SMILES string of the molecule is CN1CCC[C@H]1[C@@H](NC(=O)c1ccc(Cl)c(S(N)(=O)=O)c1)c1ccccc1.Cl. The third kappa shape index (κ3) is 5.04. The van der Waals surface area contributed by atoms with Gasteiger partial charge in [-0.2, -0.15) is 0 Å². The summed E-state index contributed by atoms with van der Waals surface area (Å²) in [5.41, 5.74) is 1.20. The molecule has 1 amide bonds. The van der Waals surface area contributed by atoms with E-state index < -0.39 is 10.0 Å². The van der Waals surface area contributed by atoms with Gasteiger partial charge in [0.1, 0.15) is 4.90 Å². The number of likely N-dealkylation sites (tertiary alicyclic amines) is 1. The molecular weight excluding hydrogens is 421 g/mol. The van der Waals surface area contributed by atoms with Gasteiger partial charge in [-0.3, -0.25) is 4.79 Å².